The summed E-state index contributed by atoms with van der Waals surface area (Å²) in [5, 5.41) is 10.3. The van der Waals surface area contributed by atoms with Crippen LogP contribution in [0.3, 0.4) is 0 Å². The van der Waals surface area contributed by atoms with E-state index in [1.54, 1.807) is 23.9 Å². The van der Waals surface area contributed by atoms with E-state index in [0.717, 1.165) is 10.9 Å². The number of carbonyl (C=O) groups is 1. The number of hydrogen-bond donors (Lipinski definition) is 1. The molecule has 1 N–H and O–H groups in total. The van der Waals surface area contributed by atoms with Crippen LogP contribution in [0.5, 0.6) is 5.75 Å². The zero-order chi connectivity index (χ0) is 15.4. The molecule has 21 heavy (non-hydrogen) atoms. The lowest BCUT2D eigenvalue weighted by atomic mass is 10.1. The fraction of sp³-hybridized carbons (Fsp3) is 0.333. The van der Waals surface area contributed by atoms with Crippen molar-refractivity contribution in [2.75, 3.05) is 7.11 Å². The van der Waals surface area contributed by atoms with Gasteiger partial charge in [-0.15, -0.1) is 0 Å². The number of phenolic OH excluding ortho intramolecular Hbond substituents is 1. The molecule has 0 spiro atoms. The number of thioether (sulfide) groups is 1. The second-order valence-corrected chi connectivity index (χ2v) is 6.10. The summed E-state index contributed by atoms with van der Waals surface area (Å²) in [6.45, 7) is 1.93. The average molecular weight is 308 g/mol. The molecule has 6 heteroatoms. The van der Waals surface area contributed by atoms with E-state index in [-0.39, 0.29) is 17.0 Å². The predicted octanol–water partition coefficient (Wildman–Crippen LogP) is 2.68. The number of esters is 1. The Hall–Kier alpha value is -1.95. The number of phenols is 1. The zero-order valence-electron chi connectivity index (χ0n) is 11.8. The van der Waals surface area contributed by atoms with Crippen LogP contribution in [0, 0.1) is 0 Å². The summed E-state index contributed by atoms with van der Waals surface area (Å²) in [7, 11) is 1.36. The van der Waals surface area contributed by atoms with Crippen molar-refractivity contribution in [2.24, 2.45) is 0 Å². The van der Waals surface area contributed by atoms with Crippen LogP contribution in [0.15, 0.2) is 33.5 Å². The Morgan fingerprint density at radius 3 is 2.90 bits per heavy atom. The van der Waals surface area contributed by atoms with Crippen LogP contribution in [-0.4, -0.2) is 23.4 Å². The third kappa shape index (κ3) is 4.01. The summed E-state index contributed by atoms with van der Waals surface area (Å²) >= 11 is 1.56. The van der Waals surface area contributed by atoms with Crippen LogP contribution in [0.25, 0.3) is 11.0 Å². The SMILES string of the molecule is COC(=O)CC(C)SCc1cc(=O)oc2cc(O)ccc12. The van der Waals surface area contributed by atoms with Gasteiger partial charge in [-0.05, 0) is 17.7 Å². The zero-order valence-corrected chi connectivity index (χ0v) is 12.6. The van der Waals surface area contributed by atoms with Gasteiger partial charge in [0.05, 0.1) is 13.5 Å². The number of hydrogen-bond acceptors (Lipinski definition) is 6. The van der Waals surface area contributed by atoms with Gasteiger partial charge < -0.3 is 14.3 Å². The first-order chi connectivity index (χ1) is 9.99. The van der Waals surface area contributed by atoms with E-state index in [1.165, 1.54) is 19.2 Å². The van der Waals surface area contributed by atoms with Crippen molar-refractivity contribution < 1.29 is 19.1 Å². The fourth-order valence-electron chi connectivity index (χ4n) is 1.95. The first-order valence-electron chi connectivity index (χ1n) is 6.43. The summed E-state index contributed by atoms with van der Waals surface area (Å²) in [5.41, 5.74) is 0.728. The van der Waals surface area contributed by atoms with Crippen molar-refractivity contribution in [2.45, 2.75) is 24.3 Å². The predicted molar refractivity (Wildman–Crippen MR) is 81.5 cm³/mol. The highest BCUT2D eigenvalue weighted by molar-refractivity contribution is 7.99. The number of benzene rings is 1. The van der Waals surface area contributed by atoms with Crippen LogP contribution in [0.1, 0.15) is 18.9 Å². The van der Waals surface area contributed by atoms with Gasteiger partial charge in [-0.25, -0.2) is 4.79 Å². The highest BCUT2D eigenvalue weighted by Gasteiger charge is 2.12. The van der Waals surface area contributed by atoms with Crippen LogP contribution in [-0.2, 0) is 15.3 Å². The first-order valence-corrected chi connectivity index (χ1v) is 7.48. The molecule has 5 nitrogen and oxygen atoms in total. The molecule has 0 saturated carbocycles. The maximum atomic E-state index is 11.6. The third-order valence-electron chi connectivity index (χ3n) is 3.02. The monoisotopic (exact) mass is 308 g/mol. The van der Waals surface area contributed by atoms with Gasteiger partial charge in [0, 0.05) is 28.5 Å². The Bertz CT molecular complexity index is 707. The topological polar surface area (TPSA) is 76.7 Å². The number of rotatable bonds is 5. The molecule has 0 aliphatic heterocycles. The van der Waals surface area contributed by atoms with E-state index >= 15 is 0 Å². The summed E-state index contributed by atoms with van der Waals surface area (Å²) in [4.78, 5) is 22.8. The summed E-state index contributed by atoms with van der Waals surface area (Å²) in [5.74, 6) is 0.372. The van der Waals surface area contributed by atoms with Crippen molar-refractivity contribution in [3.8, 4) is 5.75 Å². The molecule has 0 radical (unpaired) electrons. The number of aromatic hydroxyl groups is 1. The normalized spacial score (nSPS) is 12.3. The second kappa shape index (κ2) is 6.67. The van der Waals surface area contributed by atoms with E-state index in [4.69, 9.17) is 4.42 Å². The van der Waals surface area contributed by atoms with Gasteiger partial charge in [-0.1, -0.05) is 6.92 Å². The maximum absolute atomic E-state index is 11.6. The van der Waals surface area contributed by atoms with Gasteiger partial charge in [0.25, 0.3) is 0 Å². The van der Waals surface area contributed by atoms with E-state index in [1.807, 2.05) is 6.92 Å². The fourth-order valence-corrected chi connectivity index (χ4v) is 2.90. The molecule has 2 aromatic rings. The van der Waals surface area contributed by atoms with Gasteiger partial charge in [0.15, 0.2) is 0 Å². The van der Waals surface area contributed by atoms with Crippen molar-refractivity contribution in [1.82, 2.24) is 0 Å². The molecular weight excluding hydrogens is 292 g/mol. The Morgan fingerprint density at radius 1 is 1.43 bits per heavy atom. The highest BCUT2D eigenvalue weighted by atomic mass is 32.2. The Morgan fingerprint density at radius 2 is 2.19 bits per heavy atom. The van der Waals surface area contributed by atoms with Crippen molar-refractivity contribution in [3.63, 3.8) is 0 Å². The van der Waals surface area contributed by atoms with Gasteiger partial charge in [0.1, 0.15) is 11.3 Å². The molecular formula is C15H16O5S. The van der Waals surface area contributed by atoms with E-state index in [2.05, 4.69) is 4.74 Å². The number of methoxy groups -OCH3 is 1. The average Bonchev–Trinajstić information content (AvgIpc) is 2.43. The van der Waals surface area contributed by atoms with Crippen LogP contribution < -0.4 is 5.63 Å². The Kier molecular flexibility index (Phi) is 4.90. The van der Waals surface area contributed by atoms with Gasteiger partial charge >= 0.3 is 11.6 Å². The molecule has 1 aromatic heterocycles. The second-order valence-electron chi connectivity index (χ2n) is 4.67. The lowest BCUT2D eigenvalue weighted by Gasteiger charge is -2.10. The molecule has 112 valence electrons. The molecule has 1 aromatic carbocycles. The third-order valence-corrected chi connectivity index (χ3v) is 4.23. The molecule has 0 amide bonds. The molecule has 1 atom stereocenters. The van der Waals surface area contributed by atoms with E-state index in [0.29, 0.717) is 17.8 Å². The summed E-state index contributed by atoms with van der Waals surface area (Å²) in [6.07, 6.45) is 0.321. The minimum atomic E-state index is -0.454. The maximum Gasteiger partial charge on any atom is 0.336 e. The number of fused-ring (bicyclic) bond motifs is 1. The Balaban J connectivity index is 2.18. The van der Waals surface area contributed by atoms with Crippen LogP contribution in [0.4, 0.5) is 0 Å². The minimum Gasteiger partial charge on any atom is -0.508 e. The first kappa shape index (κ1) is 15.4. The smallest absolute Gasteiger partial charge is 0.336 e. The molecule has 0 aliphatic carbocycles. The molecule has 1 unspecified atom stereocenters. The lowest BCUT2D eigenvalue weighted by molar-refractivity contribution is -0.140. The highest BCUT2D eigenvalue weighted by Crippen LogP contribution is 2.27. The summed E-state index contributed by atoms with van der Waals surface area (Å²) in [6, 6.07) is 6.13. The molecule has 0 saturated heterocycles. The van der Waals surface area contributed by atoms with E-state index < -0.39 is 5.63 Å². The standard InChI is InChI=1S/C15H16O5S/c1-9(5-14(17)19-2)21-8-10-6-15(18)20-13-7-11(16)3-4-12(10)13/h3-4,6-7,9,16H,5,8H2,1-2H3. The molecule has 2 rings (SSSR count). The van der Waals surface area contributed by atoms with Gasteiger partial charge in [0.2, 0.25) is 0 Å². The summed E-state index contributed by atoms with van der Waals surface area (Å²) < 4.78 is 9.70. The Labute approximate surface area is 125 Å². The quantitative estimate of drug-likeness (QED) is 0.676. The molecule has 1 heterocycles. The lowest BCUT2D eigenvalue weighted by Crippen LogP contribution is -2.09. The van der Waals surface area contributed by atoms with Crippen LogP contribution >= 0.6 is 11.8 Å². The largest absolute Gasteiger partial charge is 0.508 e. The van der Waals surface area contributed by atoms with Gasteiger partial charge in [-0.2, -0.15) is 11.8 Å². The van der Waals surface area contributed by atoms with Crippen molar-refractivity contribution in [1.29, 1.82) is 0 Å². The van der Waals surface area contributed by atoms with Crippen molar-refractivity contribution in [3.05, 3.63) is 40.2 Å². The van der Waals surface area contributed by atoms with E-state index in [9.17, 15) is 14.7 Å². The minimum absolute atomic E-state index is 0.0505. The van der Waals surface area contributed by atoms with Crippen LogP contribution in [0.2, 0.25) is 0 Å². The van der Waals surface area contributed by atoms with Gasteiger partial charge in [-0.3, -0.25) is 4.79 Å². The molecule has 0 aliphatic rings. The number of ether oxygens (including phenoxy) is 1. The number of carbonyl (C=O) groups excluding carboxylic acids is 1. The molecule has 0 bridgehead atoms. The molecule has 0 fully saturated rings. The van der Waals surface area contributed by atoms with Crippen molar-refractivity contribution >= 4 is 28.7 Å².